The van der Waals surface area contributed by atoms with Crippen LogP contribution in [0.4, 0.5) is 5.69 Å². The molecule has 1 aliphatic rings. The second-order valence-electron chi connectivity index (χ2n) is 5.47. The third kappa shape index (κ3) is 4.87. The van der Waals surface area contributed by atoms with Crippen LogP contribution in [0.5, 0.6) is 0 Å². The standard InChI is InChI=1S/C16H17N3O6/c20-8-9-7-10(17-6-5-14(22)23)1-2-11(9)15(24)18-12-3-4-13(21)19-16(12)25/h1-2,7-8,12,17H,3-6H2,(H,18,24)(H,22,23)(H,19,21,25). The molecule has 0 saturated carbocycles. The van der Waals surface area contributed by atoms with Gasteiger partial charge in [0.25, 0.3) is 5.91 Å². The Morgan fingerprint density at radius 1 is 1.32 bits per heavy atom. The third-order valence-corrected chi connectivity index (χ3v) is 3.64. The smallest absolute Gasteiger partial charge is 0.305 e. The molecule has 2 rings (SSSR count). The van der Waals surface area contributed by atoms with Crippen LogP contribution in [0, 0.1) is 0 Å². The van der Waals surface area contributed by atoms with Crippen molar-refractivity contribution >= 4 is 35.7 Å². The van der Waals surface area contributed by atoms with E-state index >= 15 is 0 Å². The number of imide groups is 1. The lowest BCUT2D eigenvalue weighted by atomic mass is 10.0. The molecule has 4 N–H and O–H groups in total. The molecule has 9 heteroatoms. The lowest BCUT2D eigenvalue weighted by Crippen LogP contribution is -2.52. The zero-order valence-corrected chi connectivity index (χ0v) is 13.2. The fourth-order valence-corrected chi connectivity index (χ4v) is 2.36. The maximum Gasteiger partial charge on any atom is 0.305 e. The summed E-state index contributed by atoms with van der Waals surface area (Å²) in [5.41, 5.74) is 0.689. The zero-order chi connectivity index (χ0) is 18.4. The van der Waals surface area contributed by atoms with E-state index in [9.17, 15) is 24.0 Å². The molecule has 0 aromatic heterocycles. The maximum absolute atomic E-state index is 12.3. The summed E-state index contributed by atoms with van der Waals surface area (Å²) in [7, 11) is 0. The summed E-state index contributed by atoms with van der Waals surface area (Å²) >= 11 is 0. The van der Waals surface area contributed by atoms with E-state index in [1.807, 2.05) is 0 Å². The van der Waals surface area contributed by atoms with Gasteiger partial charge in [0.1, 0.15) is 6.04 Å². The number of aliphatic carboxylic acids is 1. The van der Waals surface area contributed by atoms with Gasteiger partial charge in [-0.3, -0.25) is 29.3 Å². The fraction of sp³-hybridized carbons (Fsp3) is 0.312. The Kier molecular flexibility index (Phi) is 5.83. The molecule has 25 heavy (non-hydrogen) atoms. The largest absolute Gasteiger partial charge is 0.481 e. The van der Waals surface area contributed by atoms with E-state index in [2.05, 4.69) is 16.0 Å². The summed E-state index contributed by atoms with van der Waals surface area (Å²) in [5.74, 6) is -2.53. The fourth-order valence-electron chi connectivity index (χ4n) is 2.36. The number of carbonyl (C=O) groups excluding carboxylic acids is 4. The van der Waals surface area contributed by atoms with Gasteiger partial charge in [-0.25, -0.2) is 0 Å². The van der Waals surface area contributed by atoms with E-state index < -0.39 is 23.8 Å². The number of carbonyl (C=O) groups is 5. The number of carboxylic acids is 1. The van der Waals surface area contributed by atoms with Gasteiger partial charge in [-0.2, -0.15) is 0 Å². The van der Waals surface area contributed by atoms with Crippen molar-refractivity contribution in [1.82, 2.24) is 10.6 Å². The van der Waals surface area contributed by atoms with Gasteiger partial charge in [0.2, 0.25) is 11.8 Å². The number of anilines is 1. The van der Waals surface area contributed by atoms with Gasteiger partial charge in [0, 0.05) is 29.8 Å². The molecule has 1 aromatic carbocycles. The molecule has 1 atom stereocenters. The molecule has 3 amide bonds. The minimum Gasteiger partial charge on any atom is -0.481 e. The first-order valence-electron chi connectivity index (χ1n) is 7.60. The Morgan fingerprint density at radius 3 is 2.72 bits per heavy atom. The first-order chi connectivity index (χ1) is 11.9. The predicted octanol–water partition coefficient (Wildman–Crippen LogP) is -0.0793. The van der Waals surface area contributed by atoms with E-state index in [1.165, 1.54) is 18.2 Å². The van der Waals surface area contributed by atoms with Gasteiger partial charge in [0.15, 0.2) is 6.29 Å². The molecule has 9 nitrogen and oxygen atoms in total. The van der Waals surface area contributed by atoms with Crippen molar-refractivity contribution in [3.8, 4) is 0 Å². The molecule has 0 aliphatic carbocycles. The molecule has 0 bridgehead atoms. The van der Waals surface area contributed by atoms with Crippen molar-refractivity contribution in [3.05, 3.63) is 29.3 Å². The van der Waals surface area contributed by atoms with Crippen LogP contribution in [0.2, 0.25) is 0 Å². The summed E-state index contributed by atoms with van der Waals surface area (Å²) in [6.07, 6.45) is 0.737. The molecule has 1 fully saturated rings. The quantitative estimate of drug-likeness (QED) is 0.399. The van der Waals surface area contributed by atoms with Gasteiger partial charge >= 0.3 is 5.97 Å². The highest BCUT2D eigenvalue weighted by Crippen LogP contribution is 2.16. The number of hydrogen-bond acceptors (Lipinski definition) is 6. The lowest BCUT2D eigenvalue weighted by Gasteiger charge is -2.22. The highest BCUT2D eigenvalue weighted by atomic mass is 16.4. The Bertz CT molecular complexity index is 731. The normalized spacial score (nSPS) is 16.7. The van der Waals surface area contributed by atoms with Gasteiger partial charge in [-0.15, -0.1) is 0 Å². The zero-order valence-electron chi connectivity index (χ0n) is 13.2. The molecule has 132 valence electrons. The Hall–Kier alpha value is -3.23. The van der Waals surface area contributed by atoms with E-state index in [0.717, 1.165) is 0 Å². The topological polar surface area (TPSA) is 142 Å². The minimum absolute atomic E-state index is 0.0866. The summed E-state index contributed by atoms with van der Waals surface area (Å²) in [6.45, 7) is 0.176. The van der Waals surface area contributed by atoms with Crippen molar-refractivity contribution in [2.75, 3.05) is 11.9 Å². The Balaban J connectivity index is 2.06. The number of hydrogen-bond donors (Lipinski definition) is 4. The predicted molar refractivity (Wildman–Crippen MR) is 86.2 cm³/mol. The third-order valence-electron chi connectivity index (χ3n) is 3.64. The summed E-state index contributed by atoms with van der Waals surface area (Å²) in [6, 6.07) is 3.54. The monoisotopic (exact) mass is 347 g/mol. The van der Waals surface area contributed by atoms with Crippen LogP contribution in [-0.4, -0.2) is 47.7 Å². The number of benzene rings is 1. The van der Waals surface area contributed by atoms with Gasteiger partial charge < -0.3 is 15.7 Å². The van der Waals surface area contributed by atoms with Crippen LogP contribution in [0.3, 0.4) is 0 Å². The summed E-state index contributed by atoms with van der Waals surface area (Å²) in [4.78, 5) is 56.8. The number of aldehydes is 1. The Morgan fingerprint density at radius 2 is 2.08 bits per heavy atom. The van der Waals surface area contributed by atoms with Gasteiger partial charge in [0.05, 0.1) is 6.42 Å². The van der Waals surface area contributed by atoms with Crippen molar-refractivity contribution in [2.24, 2.45) is 0 Å². The molecule has 1 heterocycles. The molecular formula is C16H17N3O6. The highest BCUT2D eigenvalue weighted by Gasteiger charge is 2.28. The van der Waals surface area contributed by atoms with E-state index in [0.29, 0.717) is 12.0 Å². The van der Waals surface area contributed by atoms with Crippen molar-refractivity contribution < 1.29 is 29.1 Å². The maximum atomic E-state index is 12.3. The van der Waals surface area contributed by atoms with Crippen LogP contribution in [0.1, 0.15) is 40.0 Å². The van der Waals surface area contributed by atoms with Crippen LogP contribution in [-0.2, 0) is 14.4 Å². The van der Waals surface area contributed by atoms with Crippen molar-refractivity contribution in [1.29, 1.82) is 0 Å². The van der Waals surface area contributed by atoms with Crippen LogP contribution in [0.25, 0.3) is 0 Å². The van der Waals surface area contributed by atoms with Crippen molar-refractivity contribution in [2.45, 2.75) is 25.3 Å². The van der Waals surface area contributed by atoms with E-state index in [4.69, 9.17) is 5.11 Å². The average Bonchev–Trinajstić information content (AvgIpc) is 2.56. The minimum atomic E-state index is -0.955. The average molecular weight is 347 g/mol. The van der Waals surface area contributed by atoms with Crippen LogP contribution in [0.15, 0.2) is 18.2 Å². The molecule has 1 aliphatic heterocycles. The van der Waals surface area contributed by atoms with Gasteiger partial charge in [-0.05, 0) is 24.6 Å². The van der Waals surface area contributed by atoms with E-state index in [-0.39, 0.29) is 42.8 Å². The second-order valence-corrected chi connectivity index (χ2v) is 5.47. The summed E-state index contributed by atoms with van der Waals surface area (Å²) in [5, 5.41) is 16.1. The lowest BCUT2D eigenvalue weighted by molar-refractivity contribution is -0.137. The van der Waals surface area contributed by atoms with E-state index in [1.54, 1.807) is 0 Å². The molecule has 0 spiro atoms. The van der Waals surface area contributed by atoms with Crippen molar-refractivity contribution in [3.63, 3.8) is 0 Å². The second kappa shape index (κ2) is 8.04. The molecular weight excluding hydrogens is 330 g/mol. The Labute approximate surface area is 142 Å². The summed E-state index contributed by atoms with van der Waals surface area (Å²) < 4.78 is 0. The molecule has 1 unspecified atom stereocenters. The number of carboxylic acid groups (broad SMARTS) is 1. The highest BCUT2D eigenvalue weighted by molar-refractivity contribution is 6.06. The van der Waals surface area contributed by atoms with Crippen LogP contribution >= 0.6 is 0 Å². The SMILES string of the molecule is O=Cc1cc(NCCC(=O)O)ccc1C(=O)NC1CCC(=O)NC1=O. The number of rotatable bonds is 7. The van der Waals surface area contributed by atoms with Gasteiger partial charge in [-0.1, -0.05) is 0 Å². The molecule has 1 aromatic rings. The first kappa shape index (κ1) is 18.1. The number of piperidine rings is 1. The number of amides is 3. The van der Waals surface area contributed by atoms with Crippen LogP contribution < -0.4 is 16.0 Å². The molecule has 1 saturated heterocycles. The number of nitrogens with one attached hydrogen (secondary N) is 3. The first-order valence-corrected chi connectivity index (χ1v) is 7.60. The molecule has 0 radical (unpaired) electrons.